The molecule has 2 rings (SSSR count). The van der Waals surface area contributed by atoms with E-state index in [0.717, 1.165) is 5.56 Å². The average Bonchev–Trinajstić information content (AvgIpc) is 2.59. The molecule has 1 aromatic carbocycles. The van der Waals surface area contributed by atoms with E-state index in [1.807, 2.05) is 6.92 Å². The zero-order chi connectivity index (χ0) is 11.7. The fraction of sp³-hybridized carbons (Fsp3) is 0.182. The lowest BCUT2D eigenvalue weighted by molar-refractivity contribution is 0.629. The van der Waals surface area contributed by atoms with Crippen LogP contribution < -0.4 is 5.73 Å². The van der Waals surface area contributed by atoms with Gasteiger partial charge in [0.2, 0.25) is 0 Å². The Morgan fingerprint density at radius 3 is 2.88 bits per heavy atom. The fourth-order valence-electron chi connectivity index (χ4n) is 1.68. The molecule has 16 heavy (non-hydrogen) atoms. The predicted molar refractivity (Wildman–Crippen MR) is 65.5 cm³/mol. The number of benzene rings is 1. The van der Waals surface area contributed by atoms with Gasteiger partial charge in [-0.25, -0.2) is 4.39 Å². The molecule has 5 heteroatoms. The van der Waals surface area contributed by atoms with E-state index < -0.39 is 0 Å². The van der Waals surface area contributed by atoms with E-state index in [-0.39, 0.29) is 5.82 Å². The van der Waals surface area contributed by atoms with Crippen LogP contribution in [0.25, 0.3) is 11.3 Å². The van der Waals surface area contributed by atoms with Crippen LogP contribution in [-0.2, 0) is 6.42 Å². The summed E-state index contributed by atoms with van der Waals surface area (Å²) in [7, 11) is 0. The van der Waals surface area contributed by atoms with Gasteiger partial charge in [-0.3, -0.25) is 5.10 Å². The Kier molecular flexibility index (Phi) is 2.96. The summed E-state index contributed by atoms with van der Waals surface area (Å²) in [6.45, 7) is 1.96. The van der Waals surface area contributed by atoms with Crippen molar-refractivity contribution in [3.63, 3.8) is 0 Å². The van der Waals surface area contributed by atoms with Crippen molar-refractivity contribution in [2.75, 3.05) is 5.73 Å². The highest BCUT2D eigenvalue weighted by Crippen LogP contribution is 2.33. The molecule has 0 aliphatic carbocycles. The number of anilines is 1. The van der Waals surface area contributed by atoms with Gasteiger partial charge in [-0.2, -0.15) is 5.10 Å². The zero-order valence-electron chi connectivity index (χ0n) is 8.72. The molecular weight excluding hydrogens is 273 g/mol. The number of nitrogens with one attached hydrogen (secondary N) is 1. The van der Waals surface area contributed by atoms with Crippen molar-refractivity contribution in [3.05, 3.63) is 34.1 Å². The Hall–Kier alpha value is -1.36. The summed E-state index contributed by atoms with van der Waals surface area (Å²) in [5, 5.41) is 6.69. The Morgan fingerprint density at radius 2 is 2.25 bits per heavy atom. The van der Waals surface area contributed by atoms with Gasteiger partial charge in [-0.15, -0.1) is 0 Å². The fourth-order valence-corrected chi connectivity index (χ4v) is 2.22. The third kappa shape index (κ3) is 1.71. The van der Waals surface area contributed by atoms with E-state index in [1.165, 1.54) is 6.07 Å². The monoisotopic (exact) mass is 283 g/mol. The van der Waals surface area contributed by atoms with E-state index in [9.17, 15) is 4.39 Å². The first-order chi connectivity index (χ1) is 7.65. The van der Waals surface area contributed by atoms with Crippen LogP contribution in [0.3, 0.4) is 0 Å². The average molecular weight is 284 g/mol. The van der Waals surface area contributed by atoms with Crippen LogP contribution in [0.4, 0.5) is 10.2 Å². The molecule has 0 radical (unpaired) electrons. The molecule has 0 atom stereocenters. The summed E-state index contributed by atoms with van der Waals surface area (Å²) in [5.74, 6) is 0.125. The second-order valence-corrected chi connectivity index (χ2v) is 4.27. The molecule has 0 unspecified atom stereocenters. The maximum atomic E-state index is 13.7. The highest BCUT2D eigenvalue weighted by Gasteiger charge is 2.16. The van der Waals surface area contributed by atoms with E-state index in [4.69, 9.17) is 5.73 Å². The van der Waals surface area contributed by atoms with Crippen molar-refractivity contribution in [1.29, 1.82) is 0 Å². The van der Waals surface area contributed by atoms with Crippen LogP contribution in [-0.4, -0.2) is 10.2 Å². The van der Waals surface area contributed by atoms with Crippen LogP contribution in [0.15, 0.2) is 22.7 Å². The van der Waals surface area contributed by atoms with Gasteiger partial charge in [0.1, 0.15) is 11.6 Å². The lowest BCUT2D eigenvalue weighted by atomic mass is 10.1. The molecule has 1 aromatic heterocycles. The zero-order valence-corrected chi connectivity index (χ0v) is 10.3. The van der Waals surface area contributed by atoms with E-state index in [2.05, 4.69) is 26.1 Å². The van der Waals surface area contributed by atoms with Crippen LogP contribution in [0.2, 0.25) is 0 Å². The second kappa shape index (κ2) is 4.25. The number of aromatic amines is 1. The van der Waals surface area contributed by atoms with Crippen LogP contribution in [0.5, 0.6) is 0 Å². The molecule has 84 valence electrons. The lowest BCUT2D eigenvalue weighted by Gasteiger charge is -2.05. The number of hydrogen-bond donors (Lipinski definition) is 2. The maximum absolute atomic E-state index is 13.7. The summed E-state index contributed by atoms with van der Waals surface area (Å²) in [4.78, 5) is 0. The molecule has 0 spiro atoms. The molecular formula is C11H11BrFN3. The quantitative estimate of drug-likeness (QED) is 0.890. The minimum absolute atomic E-state index is 0.298. The Balaban J connectivity index is 2.67. The number of rotatable bonds is 2. The second-order valence-electron chi connectivity index (χ2n) is 3.41. The molecule has 3 nitrogen and oxygen atoms in total. The molecule has 0 aliphatic rings. The first kappa shape index (κ1) is 11.1. The predicted octanol–water partition coefficient (Wildman–Crippen LogP) is 3.12. The summed E-state index contributed by atoms with van der Waals surface area (Å²) in [6, 6.07) is 4.85. The molecule has 1 heterocycles. The van der Waals surface area contributed by atoms with Gasteiger partial charge >= 0.3 is 0 Å². The highest BCUT2D eigenvalue weighted by molar-refractivity contribution is 9.10. The topological polar surface area (TPSA) is 54.7 Å². The Labute approximate surface area is 101 Å². The van der Waals surface area contributed by atoms with Gasteiger partial charge in [-0.05, 0) is 34.5 Å². The van der Waals surface area contributed by atoms with Gasteiger partial charge in [0, 0.05) is 15.6 Å². The summed E-state index contributed by atoms with van der Waals surface area (Å²) >= 11 is 3.33. The van der Waals surface area contributed by atoms with Crippen molar-refractivity contribution >= 4 is 21.7 Å². The summed E-state index contributed by atoms with van der Waals surface area (Å²) in [6.07, 6.45) is 0.707. The molecule has 0 saturated carbocycles. The number of nitrogen functional groups attached to an aromatic ring is 1. The van der Waals surface area contributed by atoms with Crippen LogP contribution in [0, 0.1) is 5.82 Å². The summed E-state index contributed by atoms with van der Waals surface area (Å²) in [5.41, 5.74) is 7.67. The Morgan fingerprint density at radius 1 is 1.50 bits per heavy atom. The number of aromatic nitrogens is 2. The minimum atomic E-state index is -0.298. The maximum Gasteiger partial charge on any atom is 0.149 e. The van der Waals surface area contributed by atoms with Crippen molar-refractivity contribution < 1.29 is 4.39 Å². The van der Waals surface area contributed by atoms with Gasteiger partial charge in [0.15, 0.2) is 0 Å². The molecule has 0 aliphatic heterocycles. The minimum Gasteiger partial charge on any atom is -0.382 e. The number of hydrogen-bond acceptors (Lipinski definition) is 2. The normalized spacial score (nSPS) is 10.7. The molecule has 0 fully saturated rings. The standard InChI is InChI=1S/C11H11BrFN3/c1-2-6-10(15-16-11(6)14)9-7(12)4-3-5-8(9)13/h3-5H,2H2,1H3,(H3,14,15,16). The van der Waals surface area contributed by atoms with Crippen LogP contribution in [0.1, 0.15) is 12.5 Å². The van der Waals surface area contributed by atoms with Gasteiger partial charge in [-0.1, -0.05) is 13.0 Å². The van der Waals surface area contributed by atoms with Gasteiger partial charge < -0.3 is 5.73 Å². The van der Waals surface area contributed by atoms with Crippen molar-refractivity contribution in [2.24, 2.45) is 0 Å². The molecule has 3 N–H and O–H groups in total. The summed E-state index contributed by atoms with van der Waals surface area (Å²) < 4.78 is 14.4. The highest BCUT2D eigenvalue weighted by atomic mass is 79.9. The molecule has 0 amide bonds. The van der Waals surface area contributed by atoms with Gasteiger partial charge in [0.25, 0.3) is 0 Å². The van der Waals surface area contributed by atoms with Gasteiger partial charge in [0.05, 0.1) is 5.69 Å². The smallest absolute Gasteiger partial charge is 0.149 e. The third-order valence-electron chi connectivity index (χ3n) is 2.47. The van der Waals surface area contributed by atoms with E-state index in [0.29, 0.717) is 28.0 Å². The molecule has 2 aromatic rings. The van der Waals surface area contributed by atoms with Crippen molar-refractivity contribution in [3.8, 4) is 11.3 Å². The number of H-pyrrole nitrogens is 1. The van der Waals surface area contributed by atoms with E-state index >= 15 is 0 Å². The first-order valence-corrected chi connectivity index (χ1v) is 5.71. The lowest BCUT2D eigenvalue weighted by Crippen LogP contribution is -1.93. The molecule has 0 bridgehead atoms. The number of halogens is 2. The van der Waals surface area contributed by atoms with E-state index in [1.54, 1.807) is 12.1 Å². The van der Waals surface area contributed by atoms with Crippen molar-refractivity contribution in [1.82, 2.24) is 10.2 Å². The third-order valence-corrected chi connectivity index (χ3v) is 3.13. The van der Waals surface area contributed by atoms with Crippen molar-refractivity contribution in [2.45, 2.75) is 13.3 Å². The number of nitrogens with two attached hydrogens (primary N) is 1. The largest absolute Gasteiger partial charge is 0.382 e. The van der Waals surface area contributed by atoms with Crippen LogP contribution >= 0.6 is 15.9 Å². The number of nitrogens with zero attached hydrogens (tertiary/aromatic N) is 1. The molecule has 0 saturated heterocycles. The Bertz CT molecular complexity index is 502. The SMILES string of the molecule is CCc1c(N)n[nH]c1-c1c(F)cccc1Br. The first-order valence-electron chi connectivity index (χ1n) is 4.92.